The first-order chi connectivity index (χ1) is 9.91. The van der Waals surface area contributed by atoms with Crippen LogP contribution in [0.5, 0.6) is 11.5 Å². The molecule has 0 amide bonds. The van der Waals surface area contributed by atoms with Crippen LogP contribution in [0.4, 0.5) is 4.39 Å². The zero-order valence-corrected chi connectivity index (χ0v) is 11.9. The molecule has 0 unspecified atom stereocenters. The summed E-state index contributed by atoms with van der Waals surface area (Å²) in [4.78, 5) is 24.4. The number of hydrogen-bond donors (Lipinski definition) is 0. The maximum Gasteiger partial charge on any atom is 0.352 e. The van der Waals surface area contributed by atoms with Gasteiger partial charge in [0.15, 0.2) is 11.5 Å². The lowest BCUT2D eigenvalue weighted by Gasteiger charge is -2.26. The first-order valence-corrected chi connectivity index (χ1v) is 6.67. The predicted octanol–water partition coefficient (Wildman–Crippen LogP) is 2.23. The molecule has 0 aromatic heterocycles. The zero-order valence-electron chi connectivity index (χ0n) is 11.9. The largest absolute Gasteiger partial charge is 0.466 e. The fourth-order valence-corrected chi connectivity index (χ4v) is 3.15. The molecule has 1 aromatic rings. The van der Waals surface area contributed by atoms with Gasteiger partial charge in [0.2, 0.25) is 12.6 Å². The number of carbonyl (C=O) groups is 2. The Balaban J connectivity index is 2.21. The number of carbonyl (C=O) groups excluding carboxylic acids is 2. The molecular weight excluding hydrogens is 279 g/mol. The van der Waals surface area contributed by atoms with Gasteiger partial charge in [-0.2, -0.15) is 0 Å². The van der Waals surface area contributed by atoms with Crippen LogP contribution in [0, 0.1) is 5.92 Å². The van der Waals surface area contributed by atoms with Crippen LogP contribution >= 0.6 is 0 Å². The van der Waals surface area contributed by atoms with Gasteiger partial charge < -0.3 is 14.2 Å². The second-order valence-electron chi connectivity index (χ2n) is 5.55. The number of alkyl halides is 1. The molecule has 2 aliphatic rings. The number of benzene rings is 1. The summed E-state index contributed by atoms with van der Waals surface area (Å²) >= 11 is 0. The van der Waals surface area contributed by atoms with Crippen molar-refractivity contribution >= 4 is 11.8 Å². The van der Waals surface area contributed by atoms with Crippen LogP contribution in [0.2, 0.25) is 0 Å². The number of rotatable bonds is 2. The van der Waals surface area contributed by atoms with Crippen molar-refractivity contribution in [3.05, 3.63) is 23.3 Å². The molecule has 1 aliphatic heterocycles. The Morgan fingerprint density at radius 2 is 2.00 bits per heavy atom. The number of halogens is 1. The Kier molecular flexibility index (Phi) is 2.93. The maximum atomic E-state index is 15.3. The number of fused-ring (bicyclic) bond motifs is 2. The summed E-state index contributed by atoms with van der Waals surface area (Å²) in [5.74, 6) is -2.35. The normalized spacial score (nSPS) is 26.1. The molecule has 21 heavy (non-hydrogen) atoms. The molecule has 0 spiro atoms. The number of hydrogen-bond acceptors (Lipinski definition) is 5. The molecule has 3 rings (SSSR count). The van der Waals surface area contributed by atoms with Gasteiger partial charge in [0.25, 0.3) is 5.67 Å². The van der Waals surface area contributed by atoms with E-state index in [0.717, 1.165) is 7.11 Å². The van der Waals surface area contributed by atoms with Crippen LogP contribution < -0.4 is 9.47 Å². The molecule has 0 fully saturated rings. The van der Waals surface area contributed by atoms with Crippen molar-refractivity contribution < 1.29 is 28.2 Å². The highest BCUT2D eigenvalue weighted by atomic mass is 19.1. The molecule has 112 valence electrons. The van der Waals surface area contributed by atoms with E-state index in [1.54, 1.807) is 19.9 Å². The van der Waals surface area contributed by atoms with E-state index in [1.807, 2.05) is 0 Å². The Morgan fingerprint density at radius 1 is 1.38 bits per heavy atom. The Morgan fingerprint density at radius 3 is 2.57 bits per heavy atom. The Hall–Kier alpha value is -2.11. The molecule has 1 aliphatic carbocycles. The Labute approximate surface area is 121 Å². The lowest BCUT2D eigenvalue weighted by Crippen LogP contribution is -2.45. The van der Waals surface area contributed by atoms with Gasteiger partial charge in [0, 0.05) is 11.5 Å². The van der Waals surface area contributed by atoms with Crippen molar-refractivity contribution in [2.24, 2.45) is 5.92 Å². The van der Waals surface area contributed by atoms with Crippen LogP contribution in [-0.2, 0) is 9.53 Å². The molecule has 0 saturated heterocycles. The van der Waals surface area contributed by atoms with E-state index < -0.39 is 23.3 Å². The van der Waals surface area contributed by atoms with E-state index in [2.05, 4.69) is 4.74 Å². The third-order valence-electron chi connectivity index (χ3n) is 4.03. The minimum Gasteiger partial charge on any atom is -0.466 e. The van der Waals surface area contributed by atoms with Gasteiger partial charge in [-0.15, -0.1) is 0 Å². The highest BCUT2D eigenvalue weighted by Crippen LogP contribution is 2.51. The minimum atomic E-state index is -2.69. The lowest BCUT2D eigenvalue weighted by molar-refractivity contribution is -0.152. The van der Waals surface area contributed by atoms with Crippen molar-refractivity contribution in [1.29, 1.82) is 0 Å². The van der Waals surface area contributed by atoms with Crippen LogP contribution in [0.15, 0.2) is 12.1 Å². The van der Waals surface area contributed by atoms with Gasteiger partial charge in [-0.3, -0.25) is 4.79 Å². The number of methoxy groups -OCH3 is 1. The highest BCUT2D eigenvalue weighted by Gasteiger charge is 2.61. The van der Waals surface area contributed by atoms with Crippen molar-refractivity contribution in [2.75, 3.05) is 13.9 Å². The lowest BCUT2D eigenvalue weighted by atomic mass is 9.80. The topological polar surface area (TPSA) is 61.8 Å². The number of esters is 1. The number of ketones is 1. The van der Waals surface area contributed by atoms with E-state index >= 15 is 4.39 Å². The first kappa shape index (κ1) is 13.9. The molecule has 0 radical (unpaired) electrons. The van der Waals surface area contributed by atoms with Crippen LogP contribution in [0.3, 0.4) is 0 Å². The Bertz CT molecular complexity index is 639. The van der Waals surface area contributed by atoms with E-state index in [4.69, 9.17) is 9.47 Å². The summed E-state index contributed by atoms with van der Waals surface area (Å²) in [6, 6.07) is 3.03. The van der Waals surface area contributed by atoms with Crippen molar-refractivity contribution in [3.8, 4) is 11.5 Å². The summed E-state index contributed by atoms with van der Waals surface area (Å²) in [6.45, 7) is 3.58. The highest BCUT2D eigenvalue weighted by molar-refractivity contribution is 6.20. The molecule has 0 saturated carbocycles. The predicted molar refractivity (Wildman–Crippen MR) is 70.3 cm³/mol. The standard InChI is InChI=1S/C15H15FO5/c1-7(2)12-8-4-10-11(21-6-20-10)5-9(8)13(17)15(12,16)14(18)19-3/h4-5,7,12H,6H2,1-3H3/t12-,15-/m0/s1. The quantitative estimate of drug-likeness (QED) is 0.618. The minimum absolute atomic E-state index is 0.0660. The number of ether oxygens (including phenoxy) is 3. The molecule has 0 bridgehead atoms. The SMILES string of the molecule is COC(=O)[C@@]1(F)C(=O)c2cc3c(cc2[C@@H]1C(C)C)OCO3. The van der Waals surface area contributed by atoms with Crippen LogP contribution in [-0.4, -0.2) is 31.3 Å². The summed E-state index contributed by atoms with van der Waals surface area (Å²) in [7, 11) is 1.07. The summed E-state index contributed by atoms with van der Waals surface area (Å²) in [5.41, 5.74) is -2.07. The van der Waals surface area contributed by atoms with E-state index in [9.17, 15) is 9.59 Å². The monoisotopic (exact) mass is 294 g/mol. The maximum absolute atomic E-state index is 15.3. The average molecular weight is 294 g/mol. The zero-order chi connectivity index (χ0) is 15.4. The molecule has 6 heteroatoms. The molecule has 1 heterocycles. The van der Waals surface area contributed by atoms with Gasteiger partial charge in [-0.05, 0) is 23.6 Å². The smallest absolute Gasteiger partial charge is 0.352 e. The van der Waals surface area contributed by atoms with Crippen molar-refractivity contribution in [2.45, 2.75) is 25.4 Å². The summed E-state index contributed by atoms with van der Waals surface area (Å²) < 4.78 is 30.3. The van der Waals surface area contributed by atoms with Gasteiger partial charge in [0.05, 0.1) is 7.11 Å². The number of Topliss-reactive ketones (excluding diaryl/α,β-unsaturated/α-hetero) is 1. The van der Waals surface area contributed by atoms with Crippen molar-refractivity contribution in [3.63, 3.8) is 0 Å². The van der Waals surface area contributed by atoms with Gasteiger partial charge >= 0.3 is 5.97 Å². The van der Waals surface area contributed by atoms with Crippen LogP contribution in [0.25, 0.3) is 0 Å². The third-order valence-corrected chi connectivity index (χ3v) is 4.03. The molecule has 5 nitrogen and oxygen atoms in total. The third kappa shape index (κ3) is 1.68. The van der Waals surface area contributed by atoms with Crippen LogP contribution in [0.1, 0.15) is 35.7 Å². The van der Waals surface area contributed by atoms with E-state index in [1.165, 1.54) is 6.07 Å². The average Bonchev–Trinajstić information content (AvgIpc) is 2.98. The molecular formula is C15H15FO5. The summed E-state index contributed by atoms with van der Waals surface area (Å²) in [6.07, 6.45) is 0. The first-order valence-electron chi connectivity index (χ1n) is 6.67. The second kappa shape index (κ2) is 4.44. The van der Waals surface area contributed by atoms with Gasteiger partial charge in [0.1, 0.15) is 0 Å². The van der Waals surface area contributed by atoms with Gasteiger partial charge in [-0.1, -0.05) is 13.8 Å². The van der Waals surface area contributed by atoms with Crippen molar-refractivity contribution in [1.82, 2.24) is 0 Å². The fraction of sp³-hybridized carbons (Fsp3) is 0.467. The fourth-order valence-electron chi connectivity index (χ4n) is 3.15. The second-order valence-corrected chi connectivity index (χ2v) is 5.55. The van der Waals surface area contributed by atoms with Gasteiger partial charge in [-0.25, -0.2) is 9.18 Å². The molecule has 0 N–H and O–H groups in total. The van der Waals surface area contributed by atoms with E-state index in [-0.39, 0.29) is 18.3 Å². The molecule has 2 atom stereocenters. The summed E-state index contributed by atoms with van der Waals surface area (Å²) in [5, 5.41) is 0. The molecule has 1 aromatic carbocycles. The van der Waals surface area contributed by atoms with E-state index in [0.29, 0.717) is 17.1 Å².